The van der Waals surface area contributed by atoms with E-state index in [1.165, 1.54) is 12.1 Å². The number of Topliss-reactive ketones (excluding diaryl/α,β-unsaturated/α-hetero) is 1. The van der Waals surface area contributed by atoms with E-state index in [1.54, 1.807) is 6.07 Å². The van der Waals surface area contributed by atoms with E-state index in [4.69, 9.17) is 4.74 Å². The molecule has 1 aromatic rings. The number of carbonyl (C=O) groups excluding carboxylic acids is 1. The average molecular weight is 277 g/mol. The highest BCUT2D eigenvalue weighted by Gasteiger charge is 2.34. The van der Waals surface area contributed by atoms with Crippen LogP contribution in [0.3, 0.4) is 0 Å². The highest BCUT2D eigenvalue weighted by molar-refractivity contribution is 5.81. The predicted molar refractivity (Wildman–Crippen MR) is 74.0 cm³/mol. The molecule has 1 N–H and O–H groups in total. The van der Waals surface area contributed by atoms with E-state index in [0.29, 0.717) is 43.9 Å². The number of halogens is 1. The van der Waals surface area contributed by atoms with Crippen LogP contribution in [0.25, 0.3) is 0 Å². The van der Waals surface area contributed by atoms with Crippen LogP contribution >= 0.6 is 0 Å². The highest BCUT2D eigenvalue weighted by atomic mass is 19.1. The van der Waals surface area contributed by atoms with Gasteiger partial charge in [0.1, 0.15) is 11.6 Å². The molecule has 0 aliphatic carbocycles. The van der Waals surface area contributed by atoms with Gasteiger partial charge in [0.15, 0.2) is 0 Å². The SMILES string of the molecule is O=C(CCc1cccc(F)c1)C1CC2COCC(C1)N2. The second-order valence-corrected chi connectivity index (χ2v) is 5.86. The van der Waals surface area contributed by atoms with E-state index < -0.39 is 0 Å². The first kappa shape index (κ1) is 13.7. The van der Waals surface area contributed by atoms with Gasteiger partial charge in [0, 0.05) is 24.4 Å². The molecule has 0 aromatic heterocycles. The first-order chi connectivity index (χ1) is 9.70. The molecule has 20 heavy (non-hydrogen) atoms. The Hall–Kier alpha value is -1.26. The summed E-state index contributed by atoms with van der Waals surface area (Å²) >= 11 is 0. The smallest absolute Gasteiger partial charge is 0.136 e. The average Bonchev–Trinajstić information content (AvgIpc) is 2.44. The number of hydrogen-bond acceptors (Lipinski definition) is 3. The number of aryl methyl sites for hydroxylation is 1. The normalized spacial score (nSPS) is 29.1. The molecule has 0 radical (unpaired) electrons. The predicted octanol–water partition coefficient (Wildman–Crippen LogP) is 2.09. The molecule has 2 saturated heterocycles. The molecule has 2 aliphatic heterocycles. The molecule has 2 bridgehead atoms. The van der Waals surface area contributed by atoms with E-state index in [9.17, 15) is 9.18 Å². The molecule has 0 saturated carbocycles. The first-order valence-electron chi connectivity index (χ1n) is 7.31. The first-order valence-corrected chi connectivity index (χ1v) is 7.31. The Morgan fingerprint density at radius 3 is 2.75 bits per heavy atom. The summed E-state index contributed by atoms with van der Waals surface area (Å²) in [4.78, 5) is 12.3. The Morgan fingerprint density at radius 1 is 1.30 bits per heavy atom. The Kier molecular flexibility index (Phi) is 4.13. The zero-order chi connectivity index (χ0) is 13.9. The maximum Gasteiger partial charge on any atom is 0.136 e. The lowest BCUT2D eigenvalue weighted by Gasteiger charge is -2.39. The van der Waals surface area contributed by atoms with E-state index in [-0.39, 0.29) is 11.7 Å². The van der Waals surface area contributed by atoms with Crippen LogP contribution < -0.4 is 5.32 Å². The van der Waals surface area contributed by atoms with Crippen molar-refractivity contribution in [2.75, 3.05) is 13.2 Å². The number of nitrogens with one attached hydrogen (secondary N) is 1. The lowest BCUT2D eigenvalue weighted by Crippen LogP contribution is -2.55. The maximum absolute atomic E-state index is 13.1. The van der Waals surface area contributed by atoms with Gasteiger partial charge in [-0.3, -0.25) is 4.79 Å². The summed E-state index contributed by atoms with van der Waals surface area (Å²) in [5.74, 6) is 0.222. The molecule has 3 nitrogen and oxygen atoms in total. The summed E-state index contributed by atoms with van der Waals surface area (Å²) in [6.07, 6.45) is 2.89. The Balaban J connectivity index is 1.54. The van der Waals surface area contributed by atoms with Crippen molar-refractivity contribution in [1.29, 1.82) is 0 Å². The van der Waals surface area contributed by atoms with Crippen molar-refractivity contribution in [1.82, 2.24) is 5.32 Å². The molecule has 108 valence electrons. The van der Waals surface area contributed by atoms with Crippen molar-refractivity contribution < 1.29 is 13.9 Å². The lowest BCUT2D eigenvalue weighted by atomic mass is 9.82. The third-order valence-electron chi connectivity index (χ3n) is 4.25. The second kappa shape index (κ2) is 6.02. The van der Waals surface area contributed by atoms with Crippen molar-refractivity contribution in [2.24, 2.45) is 5.92 Å². The number of hydrogen-bond donors (Lipinski definition) is 1. The minimum absolute atomic E-state index is 0.142. The summed E-state index contributed by atoms with van der Waals surface area (Å²) in [5, 5.41) is 3.49. The lowest BCUT2D eigenvalue weighted by molar-refractivity contribution is -0.125. The van der Waals surface area contributed by atoms with Gasteiger partial charge >= 0.3 is 0 Å². The molecular formula is C16H20FNO2. The number of carbonyl (C=O) groups is 1. The highest BCUT2D eigenvalue weighted by Crippen LogP contribution is 2.26. The van der Waals surface area contributed by atoms with Crippen LogP contribution in [0.15, 0.2) is 24.3 Å². The summed E-state index contributed by atoms with van der Waals surface area (Å²) in [6.45, 7) is 1.42. The van der Waals surface area contributed by atoms with Gasteiger partial charge in [-0.25, -0.2) is 4.39 Å². The van der Waals surface area contributed by atoms with Gasteiger partial charge in [-0.2, -0.15) is 0 Å². The van der Waals surface area contributed by atoms with Crippen molar-refractivity contribution >= 4 is 5.78 Å². The van der Waals surface area contributed by atoms with Crippen molar-refractivity contribution in [3.8, 4) is 0 Å². The quantitative estimate of drug-likeness (QED) is 0.916. The van der Waals surface area contributed by atoms with Crippen molar-refractivity contribution in [3.05, 3.63) is 35.6 Å². The van der Waals surface area contributed by atoms with Crippen molar-refractivity contribution in [2.45, 2.75) is 37.8 Å². The van der Waals surface area contributed by atoms with E-state index >= 15 is 0 Å². The van der Waals surface area contributed by atoms with Gasteiger partial charge in [-0.05, 0) is 37.0 Å². The molecule has 3 rings (SSSR count). The van der Waals surface area contributed by atoms with Gasteiger partial charge in [0.05, 0.1) is 13.2 Å². The third kappa shape index (κ3) is 3.25. The number of piperidine rings is 1. The number of rotatable bonds is 4. The van der Waals surface area contributed by atoms with Crippen LogP contribution in [0, 0.1) is 11.7 Å². The molecule has 0 amide bonds. The number of morpholine rings is 1. The molecule has 0 spiro atoms. The molecule has 2 atom stereocenters. The summed E-state index contributed by atoms with van der Waals surface area (Å²) < 4.78 is 18.6. The molecule has 4 heteroatoms. The standard InChI is InChI=1S/C16H20FNO2/c17-13-3-1-2-11(6-13)4-5-16(19)12-7-14-9-20-10-15(8-12)18-14/h1-3,6,12,14-15,18H,4-5,7-10H2. The van der Waals surface area contributed by atoms with Crippen LogP contribution in [0.2, 0.25) is 0 Å². The molecule has 2 unspecified atom stereocenters. The largest absolute Gasteiger partial charge is 0.378 e. The van der Waals surface area contributed by atoms with Crippen molar-refractivity contribution in [3.63, 3.8) is 0 Å². The molecule has 2 heterocycles. The fourth-order valence-electron chi connectivity index (χ4n) is 3.26. The number of fused-ring (bicyclic) bond motifs is 2. The van der Waals surface area contributed by atoms with E-state index in [2.05, 4.69) is 5.32 Å². The topological polar surface area (TPSA) is 38.3 Å². The zero-order valence-electron chi connectivity index (χ0n) is 11.5. The van der Waals surface area contributed by atoms with Crippen LogP contribution in [-0.4, -0.2) is 31.1 Å². The van der Waals surface area contributed by atoms with Gasteiger partial charge in [-0.15, -0.1) is 0 Å². The van der Waals surface area contributed by atoms with Crippen LogP contribution in [0.5, 0.6) is 0 Å². The maximum atomic E-state index is 13.1. The number of ketones is 1. The Bertz CT molecular complexity index is 479. The fraction of sp³-hybridized carbons (Fsp3) is 0.562. The number of ether oxygens (including phenoxy) is 1. The summed E-state index contributed by atoms with van der Waals surface area (Å²) in [6, 6.07) is 7.16. The molecule has 2 fully saturated rings. The molecule has 1 aromatic carbocycles. The van der Waals surface area contributed by atoms with E-state index in [0.717, 1.165) is 18.4 Å². The van der Waals surface area contributed by atoms with Gasteiger partial charge in [0.2, 0.25) is 0 Å². The van der Waals surface area contributed by atoms with Crippen LogP contribution in [0.1, 0.15) is 24.8 Å². The van der Waals surface area contributed by atoms with Crippen LogP contribution in [0.4, 0.5) is 4.39 Å². The van der Waals surface area contributed by atoms with Gasteiger partial charge in [-0.1, -0.05) is 12.1 Å². The minimum Gasteiger partial charge on any atom is -0.378 e. The molecule has 2 aliphatic rings. The summed E-state index contributed by atoms with van der Waals surface area (Å²) in [5.41, 5.74) is 0.899. The Labute approximate surface area is 118 Å². The molecular weight excluding hydrogens is 257 g/mol. The Morgan fingerprint density at radius 2 is 2.05 bits per heavy atom. The minimum atomic E-state index is -0.233. The van der Waals surface area contributed by atoms with Gasteiger partial charge in [0.25, 0.3) is 0 Å². The van der Waals surface area contributed by atoms with Crippen LogP contribution in [-0.2, 0) is 16.0 Å². The zero-order valence-corrected chi connectivity index (χ0v) is 11.5. The number of benzene rings is 1. The summed E-state index contributed by atoms with van der Waals surface area (Å²) in [7, 11) is 0. The second-order valence-electron chi connectivity index (χ2n) is 5.86. The van der Waals surface area contributed by atoms with E-state index in [1.807, 2.05) is 6.07 Å². The van der Waals surface area contributed by atoms with Gasteiger partial charge < -0.3 is 10.1 Å². The fourth-order valence-corrected chi connectivity index (χ4v) is 3.26. The monoisotopic (exact) mass is 277 g/mol. The third-order valence-corrected chi connectivity index (χ3v) is 4.25.